The van der Waals surface area contributed by atoms with E-state index in [1.54, 1.807) is 13.1 Å². The highest BCUT2D eigenvalue weighted by molar-refractivity contribution is 7.86. The number of nitrogens with zero attached hydrogens (tertiary/aromatic N) is 2. The van der Waals surface area contributed by atoms with Crippen molar-refractivity contribution in [1.29, 1.82) is 0 Å². The van der Waals surface area contributed by atoms with Gasteiger partial charge in [-0.1, -0.05) is 0 Å². The number of carbonyl (C=O) groups excluding carboxylic acids is 1. The number of amides is 1. The third-order valence-electron chi connectivity index (χ3n) is 3.43. The van der Waals surface area contributed by atoms with Crippen molar-refractivity contribution < 1.29 is 17.4 Å². The Labute approximate surface area is 129 Å². The molecule has 1 amide bonds. The molecule has 122 valence electrons. The van der Waals surface area contributed by atoms with Crippen LogP contribution in [0.25, 0.3) is 0 Å². The lowest BCUT2D eigenvalue weighted by molar-refractivity contribution is 0.0958. The first-order chi connectivity index (χ1) is 10.4. The largest absolute Gasteiger partial charge is 0.354 e. The van der Waals surface area contributed by atoms with Gasteiger partial charge >= 0.3 is 0 Å². The lowest BCUT2D eigenvalue weighted by atomic mass is 9.93. The number of rotatable bonds is 5. The van der Waals surface area contributed by atoms with E-state index in [9.17, 15) is 13.2 Å². The summed E-state index contributed by atoms with van der Waals surface area (Å²) in [4.78, 5) is 19.8. The summed E-state index contributed by atoms with van der Waals surface area (Å²) >= 11 is 0. The summed E-state index contributed by atoms with van der Waals surface area (Å²) in [6, 6.07) is 1.68. The zero-order chi connectivity index (χ0) is 16.2. The molecule has 1 aromatic heterocycles. The van der Waals surface area contributed by atoms with Crippen LogP contribution in [0.4, 0.5) is 5.95 Å². The molecule has 1 fully saturated rings. The lowest BCUT2D eigenvalue weighted by Crippen LogP contribution is -2.31. The van der Waals surface area contributed by atoms with Crippen molar-refractivity contribution in [3.8, 4) is 0 Å². The number of hydrogen-bond donors (Lipinski definition) is 2. The molecule has 0 aromatic carbocycles. The molecule has 0 spiro atoms. The second-order valence-corrected chi connectivity index (χ2v) is 6.86. The molecule has 1 heterocycles. The number of aromatic nitrogens is 2. The second-order valence-electron chi connectivity index (χ2n) is 5.26. The van der Waals surface area contributed by atoms with Crippen molar-refractivity contribution >= 4 is 22.0 Å². The van der Waals surface area contributed by atoms with Crippen molar-refractivity contribution in [2.75, 3.05) is 18.6 Å². The molecule has 0 aliphatic heterocycles. The Balaban J connectivity index is 1.90. The molecule has 0 bridgehead atoms. The highest BCUT2D eigenvalue weighted by Crippen LogP contribution is 2.24. The van der Waals surface area contributed by atoms with Crippen molar-refractivity contribution in [2.45, 2.75) is 37.8 Å². The fourth-order valence-electron chi connectivity index (χ4n) is 2.42. The van der Waals surface area contributed by atoms with Gasteiger partial charge in [-0.05, 0) is 31.7 Å². The summed E-state index contributed by atoms with van der Waals surface area (Å²) in [6.07, 6.45) is 5.15. The minimum atomic E-state index is -3.41. The van der Waals surface area contributed by atoms with Crippen LogP contribution in [0, 0.1) is 0 Å². The van der Waals surface area contributed by atoms with Crippen molar-refractivity contribution in [3.63, 3.8) is 0 Å². The standard InChI is InChI=1S/C13H20N4O4S/c1-14-12(18)11-7-8-15-13(17-11)16-9-3-5-10(6-4-9)21-22(2,19)20/h7-10H,3-6H2,1-2H3,(H,14,18)(H,15,16,17). The van der Waals surface area contributed by atoms with E-state index in [1.165, 1.54) is 6.20 Å². The molecule has 8 nitrogen and oxygen atoms in total. The first-order valence-electron chi connectivity index (χ1n) is 7.07. The van der Waals surface area contributed by atoms with E-state index in [4.69, 9.17) is 4.18 Å². The Morgan fingerprint density at radius 3 is 2.59 bits per heavy atom. The SMILES string of the molecule is CNC(=O)c1ccnc(NC2CCC(OS(C)(=O)=O)CC2)n1. The van der Waals surface area contributed by atoms with Crippen LogP contribution in [-0.4, -0.2) is 49.7 Å². The summed E-state index contributed by atoms with van der Waals surface area (Å²) in [7, 11) is -1.87. The molecule has 0 atom stereocenters. The van der Waals surface area contributed by atoms with Crippen LogP contribution in [0.5, 0.6) is 0 Å². The van der Waals surface area contributed by atoms with E-state index in [1.807, 2.05) is 0 Å². The molecule has 0 saturated heterocycles. The Bertz CT molecular complexity index is 627. The zero-order valence-electron chi connectivity index (χ0n) is 12.6. The van der Waals surface area contributed by atoms with Crippen LogP contribution < -0.4 is 10.6 Å². The summed E-state index contributed by atoms with van der Waals surface area (Å²) in [6.45, 7) is 0. The van der Waals surface area contributed by atoms with Crippen LogP contribution in [0.1, 0.15) is 36.2 Å². The minimum absolute atomic E-state index is 0.138. The lowest BCUT2D eigenvalue weighted by Gasteiger charge is -2.28. The maximum Gasteiger partial charge on any atom is 0.269 e. The minimum Gasteiger partial charge on any atom is -0.354 e. The fraction of sp³-hybridized carbons (Fsp3) is 0.615. The first kappa shape index (κ1) is 16.6. The first-order valence-corrected chi connectivity index (χ1v) is 8.89. The maximum atomic E-state index is 11.5. The zero-order valence-corrected chi connectivity index (χ0v) is 13.4. The van der Waals surface area contributed by atoms with Crippen LogP contribution in [-0.2, 0) is 14.3 Å². The van der Waals surface area contributed by atoms with Crippen molar-refractivity contribution in [2.24, 2.45) is 0 Å². The second kappa shape index (κ2) is 7.01. The van der Waals surface area contributed by atoms with Crippen LogP contribution in [0.2, 0.25) is 0 Å². The maximum absolute atomic E-state index is 11.5. The van der Waals surface area contributed by atoms with Crippen LogP contribution >= 0.6 is 0 Å². The normalized spacial score (nSPS) is 22.1. The number of carbonyl (C=O) groups is 1. The Morgan fingerprint density at radius 2 is 2.00 bits per heavy atom. The average Bonchev–Trinajstić information content (AvgIpc) is 2.47. The molecule has 22 heavy (non-hydrogen) atoms. The number of hydrogen-bond acceptors (Lipinski definition) is 7. The van der Waals surface area contributed by atoms with Gasteiger partial charge in [0.25, 0.3) is 16.0 Å². The molecular weight excluding hydrogens is 308 g/mol. The molecule has 1 aliphatic carbocycles. The van der Waals surface area contributed by atoms with Gasteiger partial charge in [-0.3, -0.25) is 8.98 Å². The van der Waals surface area contributed by atoms with Gasteiger partial charge in [0.05, 0.1) is 12.4 Å². The Kier molecular flexibility index (Phi) is 5.30. The van der Waals surface area contributed by atoms with E-state index < -0.39 is 10.1 Å². The fourth-order valence-corrected chi connectivity index (χ4v) is 3.10. The predicted molar refractivity (Wildman–Crippen MR) is 81.0 cm³/mol. The topological polar surface area (TPSA) is 110 Å². The van der Waals surface area contributed by atoms with Crippen molar-refractivity contribution in [3.05, 3.63) is 18.0 Å². The Morgan fingerprint density at radius 1 is 1.32 bits per heavy atom. The van der Waals surface area contributed by atoms with Gasteiger partial charge in [0.15, 0.2) is 0 Å². The van der Waals surface area contributed by atoms with Gasteiger partial charge < -0.3 is 10.6 Å². The highest BCUT2D eigenvalue weighted by atomic mass is 32.2. The molecule has 1 aromatic rings. The van der Waals surface area contributed by atoms with E-state index in [-0.39, 0.29) is 18.1 Å². The summed E-state index contributed by atoms with van der Waals surface area (Å²) in [5.41, 5.74) is 0.300. The molecule has 0 unspecified atom stereocenters. The molecule has 9 heteroatoms. The van der Waals surface area contributed by atoms with E-state index in [0.717, 1.165) is 19.1 Å². The highest BCUT2D eigenvalue weighted by Gasteiger charge is 2.25. The molecule has 1 saturated carbocycles. The predicted octanol–water partition coefficient (Wildman–Crippen LogP) is 0.535. The third kappa shape index (κ3) is 4.92. The van der Waals surface area contributed by atoms with Gasteiger partial charge in [-0.15, -0.1) is 0 Å². The quantitative estimate of drug-likeness (QED) is 0.759. The molecule has 2 N–H and O–H groups in total. The van der Waals surface area contributed by atoms with E-state index in [2.05, 4.69) is 20.6 Å². The summed E-state index contributed by atoms with van der Waals surface area (Å²) in [5, 5.41) is 5.69. The van der Waals surface area contributed by atoms with E-state index in [0.29, 0.717) is 24.5 Å². The number of nitrogens with one attached hydrogen (secondary N) is 2. The third-order valence-corrected chi connectivity index (χ3v) is 4.06. The summed E-state index contributed by atoms with van der Waals surface area (Å²) < 4.78 is 27.2. The van der Waals surface area contributed by atoms with Gasteiger partial charge in [0.1, 0.15) is 5.69 Å². The molecule has 1 aliphatic rings. The van der Waals surface area contributed by atoms with Gasteiger partial charge in [-0.25, -0.2) is 9.97 Å². The van der Waals surface area contributed by atoms with Gasteiger partial charge in [0.2, 0.25) is 5.95 Å². The molecule has 0 radical (unpaired) electrons. The van der Waals surface area contributed by atoms with Crippen molar-refractivity contribution in [1.82, 2.24) is 15.3 Å². The molecule has 2 rings (SSSR count). The van der Waals surface area contributed by atoms with Crippen LogP contribution in [0.15, 0.2) is 12.3 Å². The van der Waals surface area contributed by atoms with Crippen LogP contribution in [0.3, 0.4) is 0 Å². The average molecular weight is 328 g/mol. The Hall–Kier alpha value is -1.74. The van der Waals surface area contributed by atoms with Gasteiger partial charge in [-0.2, -0.15) is 8.42 Å². The smallest absolute Gasteiger partial charge is 0.269 e. The monoisotopic (exact) mass is 328 g/mol. The van der Waals surface area contributed by atoms with E-state index >= 15 is 0 Å². The summed E-state index contributed by atoms with van der Waals surface area (Å²) in [5.74, 6) is 0.129. The number of anilines is 1. The molecular formula is C13H20N4O4S. The van der Waals surface area contributed by atoms with Gasteiger partial charge in [0, 0.05) is 19.3 Å².